The monoisotopic (exact) mass is 546 g/mol. The van der Waals surface area contributed by atoms with Crippen LogP contribution in [0.3, 0.4) is 0 Å². The first kappa shape index (κ1) is 25.1. The minimum Gasteiger partial charge on any atom is -0.423 e. The third kappa shape index (κ3) is 3.49. The maximum atomic E-state index is 14.1. The van der Waals surface area contributed by atoms with Gasteiger partial charge in [0.25, 0.3) is 0 Å². The molecular weight excluding hydrogens is 520 g/mol. The van der Waals surface area contributed by atoms with Crippen molar-refractivity contribution in [3.63, 3.8) is 0 Å². The fourth-order valence-electron chi connectivity index (χ4n) is 7.31. The first-order valence-corrected chi connectivity index (χ1v) is 13.7. The molecule has 1 saturated carbocycles. The number of amides is 4. The molecule has 2 aliphatic heterocycles. The summed E-state index contributed by atoms with van der Waals surface area (Å²) in [5.74, 6) is -7.59. The Labute approximate surface area is 236 Å². The Bertz CT molecular complexity index is 1600. The Balaban J connectivity index is 1.35. The van der Waals surface area contributed by atoms with Crippen LogP contribution in [0, 0.1) is 49.4 Å². The molecule has 3 aromatic carbocycles. The fourth-order valence-corrected chi connectivity index (χ4v) is 7.31. The van der Waals surface area contributed by atoms with Crippen LogP contribution in [-0.4, -0.2) is 29.6 Å². The van der Waals surface area contributed by atoms with Crippen LogP contribution in [0.25, 0.3) is 0 Å². The molecule has 3 aromatic rings. The zero-order valence-corrected chi connectivity index (χ0v) is 22.4. The van der Waals surface area contributed by atoms with Gasteiger partial charge in [-0.3, -0.25) is 19.2 Å². The Morgan fingerprint density at radius 3 is 1.51 bits per heavy atom. The van der Waals surface area contributed by atoms with E-state index in [0.717, 1.165) is 11.1 Å². The lowest BCUT2D eigenvalue weighted by molar-refractivity contribution is -0.142. The molecule has 0 spiro atoms. The lowest BCUT2D eigenvalue weighted by Gasteiger charge is -2.46. The van der Waals surface area contributed by atoms with Crippen LogP contribution in [0.2, 0.25) is 0 Å². The number of hydrogen-bond donors (Lipinski definition) is 0. The summed E-state index contributed by atoms with van der Waals surface area (Å²) < 4.78 is 5.66. The van der Waals surface area contributed by atoms with Gasteiger partial charge < -0.3 is 4.74 Å². The molecule has 2 unspecified atom stereocenters. The fraction of sp³-hybridized carbons (Fsp3) is 0.242. The predicted molar refractivity (Wildman–Crippen MR) is 148 cm³/mol. The van der Waals surface area contributed by atoms with Gasteiger partial charge in [-0.25, -0.2) is 14.6 Å². The molecule has 4 amide bonds. The number of aryl methyl sites for hydroxylation is 2. The average Bonchev–Trinajstić information content (AvgIpc) is 3.40. The molecule has 8 heteroatoms. The van der Waals surface area contributed by atoms with E-state index >= 15 is 0 Å². The Hall–Kier alpha value is -4.85. The van der Waals surface area contributed by atoms with Gasteiger partial charge in [-0.15, -0.1) is 0 Å². The molecule has 8 rings (SSSR count). The summed E-state index contributed by atoms with van der Waals surface area (Å²) >= 11 is 0. The zero-order valence-electron chi connectivity index (χ0n) is 22.4. The second-order valence-corrected chi connectivity index (χ2v) is 11.1. The number of ether oxygens (including phenoxy) is 1. The quantitative estimate of drug-likeness (QED) is 0.279. The Kier molecular flexibility index (Phi) is 5.57. The molecule has 2 heterocycles. The van der Waals surface area contributed by atoms with Gasteiger partial charge in [-0.05, 0) is 49.2 Å². The van der Waals surface area contributed by atoms with Crippen LogP contribution in [-0.2, 0) is 24.0 Å². The van der Waals surface area contributed by atoms with Crippen molar-refractivity contribution in [2.24, 2.45) is 35.5 Å². The van der Waals surface area contributed by atoms with Gasteiger partial charge in [0, 0.05) is 17.4 Å². The van der Waals surface area contributed by atoms with Crippen molar-refractivity contribution in [3.05, 3.63) is 102 Å². The maximum absolute atomic E-state index is 14.1. The van der Waals surface area contributed by atoms with Crippen molar-refractivity contribution in [2.45, 2.75) is 13.8 Å². The first-order chi connectivity index (χ1) is 19.8. The molecule has 0 aromatic heterocycles. The molecule has 3 fully saturated rings. The van der Waals surface area contributed by atoms with E-state index in [2.05, 4.69) is 0 Å². The second-order valence-electron chi connectivity index (χ2n) is 11.1. The molecule has 5 aliphatic rings. The summed E-state index contributed by atoms with van der Waals surface area (Å²) in [6.07, 6.45) is 1.62. The number of hydrogen-bond acceptors (Lipinski definition) is 6. The topological polar surface area (TPSA) is 101 Å². The minimum absolute atomic E-state index is 0.168. The molecular formula is C33H26N2O6. The van der Waals surface area contributed by atoms with Gasteiger partial charge in [0.05, 0.1) is 35.0 Å². The van der Waals surface area contributed by atoms with Crippen molar-refractivity contribution in [3.8, 4) is 5.75 Å². The average molecular weight is 547 g/mol. The largest absolute Gasteiger partial charge is 0.423 e. The van der Waals surface area contributed by atoms with Gasteiger partial charge in [0.15, 0.2) is 0 Å². The molecule has 0 radical (unpaired) electrons. The number of anilines is 2. The van der Waals surface area contributed by atoms with Crippen molar-refractivity contribution < 1.29 is 28.7 Å². The minimum atomic E-state index is -0.984. The van der Waals surface area contributed by atoms with Gasteiger partial charge in [0.2, 0.25) is 23.6 Å². The van der Waals surface area contributed by atoms with Gasteiger partial charge in [0.1, 0.15) is 5.75 Å². The molecule has 6 atom stereocenters. The van der Waals surface area contributed by atoms with Crippen LogP contribution in [0.5, 0.6) is 5.75 Å². The smallest absolute Gasteiger partial charge is 0.339 e. The van der Waals surface area contributed by atoms with E-state index in [9.17, 15) is 24.0 Å². The van der Waals surface area contributed by atoms with E-state index in [4.69, 9.17) is 4.74 Å². The summed E-state index contributed by atoms with van der Waals surface area (Å²) in [7, 11) is 0. The molecule has 2 saturated heterocycles. The van der Waals surface area contributed by atoms with Crippen LogP contribution < -0.4 is 14.5 Å². The van der Waals surface area contributed by atoms with Crippen LogP contribution in [0.15, 0.2) is 90.5 Å². The maximum Gasteiger partial charge on any atom is 0.339 e. The van der Waals surface area contributed by atoms with Crippen molar-refractivity contribution in [1.29, 1.82) is 0 Å². The number of carbonyl (C=O) groups excluding carboxylic acids is 5. The highest BCUT2D eigenvalue weighted by Gasteiger charge is 2.71. The molecule has 3 aliphatic carbocycles. The van der Waals surface area contributed by atoms with Crippen molar-refractivity contribution >= 4 is 41.0 Å². The van der Waals surface area contributed by atoms with E-state index in [1.54, 1.807) is 60.7 Å². The third-order valence-corrected chi connectivity index (χ3v) is 9.03. The number of carbonyl (C=O) groups is 5. The SMILES string of the molecule is Cc1ccccc1N1C(=O)[C@@H]2C3C(C(=O)Oc4ccccc4)=CC([C@H]4C(=O)N(c5ccccc5C)C(=O)[C@@H]34)[C@@H]2C1=O. The van der Waals surface area contributed by atoms with E-state index in [0.29, 0.717) is 17.1 Å². The van der Waals surface area contributed by atoms with Crippen LogP contribution in [0.4, 0.5) is 11.4 Å². The molecule has 41 heavy (non-hydrogen) atoms. The number of benzene rings is 3. The van der Waals surface area contributed by atoms with E-state index in [1.807, 2.05) is 38.1 Å². The molecule has 204 valence electrons. The lowest BCUT2D eigenvalue weighted by atomic mass is 9.52. The predicted octanol–water partition coefficient (Wildman–Crippen LogP) is 4.01. The summed E-state index contributed by atoms with van der Waals surface area (Å²) in [6, 6.07) is 22.7. The standard InChI is InChI=1S/C33H26N2O6/c1-17-10-6-8-14-22(17)34-29(36)25-20-16-21(33(40)41-19-12-4-3-5-13-19)24(27(25)31(34)38)28-26(20)30(37)35(32(28)39)23-15-9-7-11-18(23)2/h3-16,20,24-28H,1-2H3/t20?,24?,25-,26+,27+,28-. The van der Waals surface area contributed by atoms with Crippen molar-refractivity contribution in [1.82, 2.24) is 0 Å². The van der Waals surface area contributed by atoms with Crippen LogP contribution >= 0.6 is 0 Å². The van der Waals surface area contributed by atoms with Crippen LogP contribution in [0.1, 0.15) is 11.1 Å². The third-order valence-electron chi connectivity index (χ3n) is 9.03. The number of rotatable bonds is 4. The normalized spacial score (nSPS) is 28.1. The molecule has 2 bridgehead atoms. The molecule has 8 nitrogen and oxygen atoms in total. The highest BCUT2D eigenvalue weighted by atomic mass is 16.5. The second kappa shape index (κ2) is 9.09. The zero-order chi connectivity index (χ0) is 28.6. The van der Waals surface area contributed by atoms with Crippen molar-refractivity contribution in [2.75, 3.05) is 9.80 Å². The first-order valence-electron chi connectivity index (χ1n) is 13.7. The lowest BCUT2D eigenvalue weighted by Crippen LogP contribution is -2.53. The van der Waals surface area contributed by atoms with Gasteiger partial charge >= 0.3 is 5.97 Å². The summed E-state index contributed by atoms with van der Waals surface area (Å²) in [4.78, 5) is 72.2. The van der Waals surface area contributed by atoms with Gasteiger partial charge in [-0.1, -0.05) is 60.7 Å². The number of allylic oxidation sites excluding steroid dienone is 1. The van der Waals surface area contributed by atoms with Gasteiger partial charge in [-0.2, -0.15) is 0 Å². The number of nitrogens with zero attached hydrogens (tertiary/aromatic N) is 2. The number of para-hydroxylation sites is 3. The number of esters is 1. The Morgan fingerprint density at radius 2 is 1.02 bits per heavy atom. The number of imide groups is 2. The van der Waals surface area contributed by atoms with E-state index in [1.165, 1.54) is 9.80 Å². The highest BCUT2D eigenvalue weighted by molar-refractivity contribution is 6.27. The molecule has 0 N–H and O–H groups in total. The summed E-state index contributed by atoms with van der Waals surface area (Å²) in [5.41, 5.74) is 2.59. The van der Waals surface area contributed by atoms with E-state index < -0.39 is 65.1 Å². The Morgan fingerprint density at radius 1 is 0.585 bits per heavy atom. The summed E-state index contributed by atoms with van der Waals surface area (Å²) in [5, 5.41) is 0. The van der Waals surface area contributed by atoms with E-state index in [-0.39, 0.29) is 5.57 Å². The highest BCUT2D eigenvalue weighted by Crippen LogP contribution is 2.61. The summed E-state index contributed by atoms with van der Waals surface area (Å²) in [6.45, 7) is 3.63.